The minimum absolute atomic E-state index is 0.0604. The Balaban J connectivity index is 1.97. The van der Waals surface area contributed by atoms with Crippen LogP contribution in [0.1, 0.15) is 40.7 Å². The number of hydrogen-bond donors (Lipinski definition) is 1. The van der Waals surface area contributed by atoms with Gasteiger partial charge < -0.3 is 19.3 Å². The summed E-state index contributed by atoms with van der Waals surface area (Å²) < 4.78 is 16.0. The van der Waals surface area contributed by atoms with Crippen LogP contribution in [0.25, 0.3) is 0 Å². The zero-order valence-electron chi connectivity index (χ0n) is 15.5. The highest BCUT2D eigenvalue weighted by Crippen LogP contribution is 2.55. The largest absolute Gasteiger partial charge is 0.504 e. The second-order valence-corrected chi connectivity index (χ2v) is 7.20. The molecule has 6 nitrogen and oxygen atoms in total. The van der Waals surface area contributed by atoms with E-state index in [0.717, 1.165) is 49.9 Å². The lowest BCUT2D eigenvalue weighted by atomic mass is 9.70. The summed E-state index contributed by atoms with van der Waals surface area (Å²) in [5.74, 6) is -0.246. The van der Waals surface area contributed by atoms with Gasteiger partial charge in [0.15, 0.2) is 11.5 Å². The minimum atomic E-state index is -0.504. The van der Waals surface area contributed by atoms with Gasteiger partial charge in [-0.2, -0.15) is 0 Å². The summed E-state index contributed by atoms with van der Waals surface area (Å²) in [7, 11) is 4.55. The molecular formula is C20H25NO5. The quantitative estimate of drug-likeness (QED) is 0.660. The first-order valence-electron chi connectivity index (χ1n) is 9.05. The van der Waals surface area contributed by atoms with Gasteiger partial charge in [0.2, 0.25) is 0 Å². The average Bonchev–Trinajstić information content (AvgIpc) is 3.06. The zero-order valence-corrected chi connectivity index (χ0v) is 15.5. The number of rotatable bonds is 3. The molecule has 1 aromatic rings. The molecule has 26 heavy (non-hydrogen) atoms. The maximum Gasteiger partial charge on any atom is 0.341 e. The molecule has 1 aliphatic carbocycles. The smallest absolute Gasteiger partial charge is 0.341 e. The van der Waals surface area contributed by atoms with E-state index in [9.17, 15) is 9.90 Å². The molecule has 2 aliphatic heterocycles. The topological polar surface area (TPSA) is 68.2 Å². The Labute approximate surface area is 153 Å². The number of phenolic OH excluding ortho intramolecular Hbond substituents is 1. The van der Waals surface area contributed by atoms with Crippen molar-refractivity contribution >= 4 is 5.97 Å². The molecule has 1 saturated heterocycles. The summed E-state index contributed by atoms with van der Waals surface area (Å²) in [4.78, 5) is 14.8. The van der Waals surface area contributed by atoms with Crippen LogP contribution in [0, 0.1) is 0 Å². The first-order valence-corrected chi connectivity index (χ1v) is 9.05. The maximum atomic E-state index is 12.3. The Hall–Kier alpha value is -2.05. The molecule has 2 atom stereocenters. The van der Waals surface area contributed by atoms with Crippen molar-refractivity contribution in [2.75, 3.05) is 34.4 Å². The molecule has 0 bridgehead atoms. The number of methoxy groups -OCH3 is 3. The van der Waals surface area contributed by atoms with Crippen LogP contribution in [0.5, 0.6) is 11.5 Å². The van der Waals surface area contributed by atoms with Gasteiger partial charge >= 0.3 is 5.97 Å². The summed E-state index contributed by atoms with van der Waals surface area (Å²) >= 11 is 0. The Morgan fingerprint density at radius 1 is 1.27 bits per heavy atom. The van der Waals surface area contributed by atoms with Crippen molar-refractivity contribution in [2.45, 2.75) is 37.3 Å². The van der Waals surface area contributed by atoms with E-state index < -0.39 is 5.97 Å². The molecule has 1 spiro atoms. The summed E-state index contributed by atoms with van der Waals surface area (Å²) in [6, 6.07) is 1.86. The highest BCUT2D eigenvalue weighted by atomic mass is 16.5. The van der Waals surface area contributed by atoms with Crippen molar-refractivity contribution in [3.05, 3.63) is 34.4 Å². The van der Waals surface area contributed by atoms with Gasteiger partial charge in [-0.3, -0.25) is 4.90 Å². The molecule has 4 rings (SSSR count). The Bertz CT molecular complexity index is 787. The molecule has 0 aromatic heterocycles. The molecule has 140 valence electrons. The van der Waals surface area contributed by atoms with Crippen molar-refractivity contribution < 1.29 is 24.1 Å². The van der Waals surface area contributed by atoms with Gasteiger partial charge in [-0.25, -0.2) is 4.79 Å². The van der Waals surface area contributed by atoms with Crippen LogP contribution in [0.4, 0.5) is 0 Å². The van der Waals surface area contributed by atoms with E-state index in [1.165, 1.54) is 19.8 Å². The van der Waals surface area contributed by atoms with Crippen LogP contribution in [0.15, 0.2) is 17.7 Å². The summed E-state index contributed by atoms with van der Waals surface area (Å²) in [6.45, 7) is 1.86. The summed E-state index contributed by atoms with van der Waals surface area (Å²) in [5.41, 5.74) is 3.20. The molecule has 2 heterocycles. The number of benzene rings is 1. The van der Waals surface area contributed by atoms with Crippen molar-refractivity contribution in [1.29, 1.82) is 0 Å². The van der Waals surface area contributed by atoms with Crippen LogP contribution in [0.2, 0.25) is 0 Å². The lowest BCUT2D eigenvalue weighted by molar-refractivity contribution is 0.0287. The highest BCUT2D eigenvalue weighted by Gasteiger charge is 2.52. The SMILES string of the molecule is COC(=O)c1cc2c(c(O)c1OC)CCN1CCC3=CCC(OC)CC321. The van der Waals surface area contributed by atoms with E-state index in [0.29, 0.717) is 0 Å². The lowest BCUT2D eigenvalue weighted by Crippen LogP contribution is -2.50. The van der Waals surface area contributed by atoms with Crippen LogP contribution < -0.4 is 4.74 Å². The molecule has 1 fully saturated rings. The second-order valence-electron chi connectivity index (χ2n) is 7.20. The van der Waals surface area contributed by atoms with E-state index >= 15 is 0 Å². The fraction of sp³-hybridized carbons (Fsp3) is 0.550. The van der Waals surface area contributed by atoms with Crippen molar-refractivity contribution in [2.24, 2.45) is 0 Å². The average molecular weight is 359 g/mol. The molecule has 1 aromatic carbocycles. The standard InChI is InChI=1S/C20H25NO5/c1-24-13-5-4-12-6-8-21-9-7-14-16(20(12,21)11-13)10-15(19(23)26-3)18(25-2)17(14)22/h4,10,13,22H,5-9,11H2,1-3H3. The van der Waals surface area contributed by atoms with E-state index in [-0.39, 0.29) is 28.7 Å². The van der Waals surface area contributed by atoms with Gasteiger partial charge in [0.05, 0.1) is 25.9 Å². The van der Waals surface area contributed by atoms with Crippen LogP contribution in [0.3, 0.4) is 0 Å². The van der Waals surface area contributed by atoms with Gasteiger partial charge in [-0.05, 0) is 36.5 Å². The predicted octanol–water partition coefficient (Wildman–Crippen LogP) is 2.38. The third kappa shape index (κ3) is 2.21. The first-order chi connectivity index (χ1) is 12.6. The van der Waals surface area contributed by atoms with Gasteiger partial charge in [0.25, 0.3) is 0 Å². The van der Waals surface area contributed by atoms with Crippen LogP contribution in [-0.4, -0.2) is 56.5 Å². The Morgan fingerprint density at radius 3 is 2.73 bits per heavy atom. The monoisotopic (exact) mass is 359 g/mol. The predicted molar refractivity (Wildman–Crippen MR) is 95.7 cm³/mol. The van der Waals surface area contributed by atoms with Crippen molar-refractivity contribution in [3.8, 4) is 11.5 Å². The summed E-state index contributed by atoms with van der Waals surface area (Å²) in [5, 5.41) is 10.9. The van der Waals surface area contributed by atoms with Gasteiger partial charge in [-0.1, -0.05) is 6.08 Å². The van der Waals surface area contributed by atoms with Gasteiger partial charge in [0.1, 0.15) is 5.56 Å². The number of esters is 1. The molecule has 6 heteroatoms. The van der Waals surface area contributed by atoms with E-state index in [2.05, 4.69) is 11.0 Å². The number of nitrogens with zero attached hydrogens (tertiary/aromatic N) is 1. The number of phenols is 1. The number of ether oxygens (including phenoxy) is 3. The van der Waals surface area contributed by atoms with Gasteiger partial charge in [0, 0.05) is 32.2 Å². The number of hydrogen-bond acceptors (Lipinski definition) is 6. The maximum absolute atomic E-state index is 12.3. The molecule has 0 saturated carbocycles. The van der Waals surface area contributed by atoms with E-state index in [4.69, 9.17) is 14.2 Å². The third-order valence-electron chi connectivity index (χ3n) is 6.25. The highest BCUT2D eigenvalue weighted by molar-refractivity contribution is 5.94. The molecule has 2 unspecified atom stereocenters. The molecule has 0 amide bonds. The van der Waals surface area contributed by atoms with E-state index in [1.54, 1.807) is 7.11 Å². The van der Waals surface area contributed by atoms with Crippen molar-refractivity contribution in [3.63, 3.8) is 0 Å². The van der Waals surface area contributed by atoms with E-state index in [1.807, 2.05) is 6.07 Å². The number of aromatic hydroxyl groups is 1. The normalized spacial score (nSPS) is 27.2. The van der Waals surface area contributed by atoms with Crippen LogP contribution in [-0.2, 0) is 21.4 Å². The zero-order chi connectivity index (χ0) is 18.5. The minimum Gasteiger partial charge on any atom is -0.504 e. The fourth-order valence-corrected chi connectivity index (χ4v) is 5.04. The van der Waals surface area contributed by atoms with Crippen molar-refractivity contribution in [1.82, 2.24) is 4.90 Å². The molecule has 1 N–H and O–H groups in total. The molecular weight excluding hydrogens is 334 g/mol. The lowest BCUT2D eigenvalue weighted by Gasteiger charge is -2.48. The Kier molecular flexibility index (Phi) is 4.20. The fourth-order valence-electron chi connectivity index (χ4n) is 5.04. The third-order valence-corrected chi connectivity index (χ3v) is 6.25. The molecule has 3 aliphatic rings. The molecule has 0 radical (unpaired) electrons. The Morgan fingerprint density at radius 2 is 2.04 bits per heavy atom. The number of carbonyl (C=O) groups is 1. The summed E-state index contributed by atoms with van der Waals surface area (Å²) in [6.07, 6.45) is 5.88. The second kappa shape index (κ2) is 6.28. The number of carbonyl (C=O) groups excluding carboxylic acids is 1. The van der Waals surface area contributed by atoms with Gasteiger partial charge in [-0.15, -0.1) is 0 Å². The number of fused-ring (bicyclic) bond motifs is 1. The first kappa shape index (κ1) is 17.4. The van der Waals surface area contributed by atoms with Crippen LogP contribution >= 0.6 is 0 Å².